The van der Waals surface area contributed by atoms with Crippen molar-refractivity contribution < 1.29 is 17.7 Å². The van der Waals surface area contributed by atoms with E-state index in [0.29, 0.717) is 12.8 Å². The SMILES string of the molecule is C[C@H](CCCc1cccc(Oc2ccccc2)c1)S(=O)(=O)O. The Morgan fingerprint density at radius 1 is 1.05 bits per heavy atom. The maximum absolute atomic E-state index is 11.0. The van der Waals surface area contributed by atoms with Gasteiger partial charge in [0.1, 0.15) is 11.5 Å². The molecule has 0 aromatic heterocycles. The third-order valence-electron chi connectivity index (χ3n) is 3.46. The van der Waals surface area contributed by atoms with E-state index in [1.165, 1.54) is 6.92 Å². The molecule has 22 heavy (non-hydrogen) atoms. The van der Waals surface area contributed by atoms with E-state index in [0.717, 1.165) is 23.5 Å². The second-order valence-corrected chi connectivity index (χ2v) is 7.12. The molecule has 0 saturated heterocycles. The average molecular weight is 320 g/mol. The van der Waals surface area contributed by atoms with Crippen LogP contribution in [-0.2, 0) is 16.5 Å². The first-order valence-electron chi connectivity index (χ1n) is 7.23. The van der Waals surface area contributed by atoms with Crippen molar-refractivity contribution in [3.8, 4) is 11.5 Å². The molecule has 1 atom stereocenters. The van der Waals surface area contributed by atoms with E-state index in [-0.39, 0.29) is 0 Å². The summed E-state index contributed by atoms with van der Waals surface area (Å²) in [5.41, 5.74) is 1.08. The van der Waals surface area contributed by atoms with Crippen LogP contribution in [0, 0.1) is 0 Å². The lowest BCUT2D eigenvalue weighted by atomic mass is 10.1. The number of hydrogen-bond donors (Lipinski definition) is 1. The highest BCUT2D eigenvalue weighted by atomic mass is 32.2. The van der Waals surface area contributed by atoms with Crippen molar-refractivity contribution in [2.45, 2.75) is 31.4 Å². The van der Waals surface area contributed by atoms with Gasteiger partial charge < -0.3 is 4.74 Å². The molecule has 0 aliphatic heterocycles. The summed E-state index contributed by atoms with van der Waals surface area (Å²) >= 11 is 0. The third kappa shape index (κ3) is 5.16. The molecule has 0 aliphatic carbocycles. The van der Waals surface area contributed by atoms with Crippen molar-refractivity contribution in [3.05, 3.63) is 60.2 Å². The Bertz CT molecular complexity index is 696. The molecule has 118 valence electrons. The highest BCUT2D eigenvalue weighted by molar-refractivity contribution is 7.86. The monoisotopic (exact) mass is 320 g/mol. The minimum Gasteiger partial charge on any atom is -0.457 e. The van der Waals surface area contributed by atoms with Crippen LogP contribution in [0.15, 0.2) is 54.6 Å². The minimum atomic E-state index is -3.93. The molecular formula is C17H20O4S. The van der Waals surface area contributed by atoms with Crippen LogP contribution in [0.2, 0.25) is 0 Å². The van der Waals surface area contributed by atoms with Gasteiger partial charge in [-0.15, -0.1) is 0 Å². The van der Waals surface area contributed by atoms with Gasteiger partial charge in [0.25, 0.3) is 10.1 Å². The molecule has 2 rings (SSSR count). The van der Waals surface area contributed by atoms with Crippen molar-refractivity contribution in [2.24, 2.45) is 0 Å². The summed E-state index contributed by atoms with van der Waals surface area (Å²) in [4.78, 5) is 0. The van der Waals surface area contributed by atoms with Crippen molar-refractivity contribution in [3.63, 3.8) is 0 Å². The van der Waals surface area contributed by atoms with E-state index in [2.05, 4.69) is 0 Å². The van der Waals surface area contributed by atoms with Crippen LogP contribution < -0.4 is 4.74 Å². The fourth-order valence-corrected chi connectivity index (χ4v) is 2.60. The van der Waals surface area contributed by atoms with Gasteiger partial charge in [0.15, 0.2) is 0 Å². The molecule has 0 spiro atoms. The predicted molar refractivity (Wildman–Crippen MR) is 86.9 cm³/mol. The van der Waals surface area contributed by atoms with Gasteiger partial charge in [-0.2, -0.15) is 8.42 Å². The molecule has 1 N–H and O–H groups in total. The van der Waals surface area contributed by atoms with E-state index in [1.54, 1.807) is 0 Å². The van der Waals surface area contributed by atoms with Gasteiger partial charge in [-0.25, -0.2) is 0 Å². The molecule has 0 saturated carbocycles. The summed E-state index contributed by atoms with van der Waals surface area (Å²) in [6.45, 7) is 1.52. The number of hydrogen-bond acceptors (Lipinski definition) is 3. The molecule has 0 aliphatic rings. The smallest absolute Gasteiger partial charge is 0.267 e. The highest BCUT2D eigenvalue weighted by Crippen LogP contribution is 2.22. The maximum Gasteiger partial charge on any atom is 0.267 e. The zero-order valence-electron chi connectivity index (χ0n) is 12.5. The Morgan fingerprint density at radius 3 is 2.41 bits per heavy atom. The Labute approximate surface area is 131 Å². The van der Waals surface area contributed by atoms with E-state index >= 15 is 0 Å². The Morgan fingerprint density at radius 2 is 1.73 bits per heavy atom. The lowest BCUT2D eigenvalue weighted by Crippen LogP contribution is -2.16. The summed E-state index contributed by atoms with van der Waals surface area (Å²) in [6.07, 6.45) is 1.87. The van der Waals surface area contributed by atoms with Gasteiger partial charge >= 0.3 is 0 Å². The lowest BCUT2D eigenvalue weighted by Gasteiger charge is -2.09. The Balaban J connectivity index is 1.92. The third-order valence-corrected chi connectivity index (χ3v) is 4.71. The van der Waals surface area contributed by atoms with Gasteiger partial charge in [-0.3, -0.25) is 4.55 Å². The van der Waals surface area contributed by atoms with Crippen LogP contribution in [0.4, 0.5) is 0 Å². The largest absolute Gasteiger partial charge is 0.457 e. The van der Waals surface area contributed by atoms with Crippen LogP contribution >= 0.6 is 0 Å². The van der Waals surface area contributed by atoms with Crippen molar-refractivity contribution >= 4 is 10.1 Å². The Hall–Kier alpha value is -1.85. The summed E-state index contributed by atoms with van der Waals surface area (Å²) in [5.74, 6) is 1.53. The van der Waals surface area contributed by atoms with Gasteiger partial charge in [-0.1, -0.05) is 30.3 Å². The second-order valence-electron chi connectivity index (χ2n) is 5.28. The molecule has 2 aromatic rings. The molecule has 0 heterocycles. The summed E-state index contributed by atoms with van der Waals surface area (Å²) in [5, 5.41) is -0.726. The molecule has 0 amide bonds. The maximum atomic E-state index is 11.0. The fraction of sp³-hybridized carbons (Fsp3) is 0.294. The molecule has 0 radical (unpaired) electrons. The van der Waals surface area contributed by atoms with Crippen molar-refractivity contribution in [1.82, 2.24) is 0 Å². The molecule has 4 nitrogen and oxygen atoms in total. The summed E-state index contributed by atoms with van der Waals surface area (Å²) in [6, 6.07) is 17.3. The van der Waals surface area contributed by atoms with E-state index in [4.69, 9.17) is 9.29 Å². The minimum absolute atomic E-state index is 0.433. The van der Waals surface area contributed by atoms with Crippen LogP contribution in [-0.4, -0.2) is 18.2 Å². The van der Waals surface area contributed by atoms with E-state index < -0.39 is 15.4 Å². The zero-order valence-corrected chi connectivity index (χ0v) is 13.3. The van der Waals surface area contributed by atoms with Gasteiger partial charge in [-0.05, 0) is 56.0 Å². The van der Waals surface area contributed by atoms with E-state index in [9.17, 15) is 8.42 Å². The standard InChI is InChI=1S/C17H20O4S/c1-14(22(18,19)20)7-5-8-15-9-6-12-17(13-15)21-16-10-3-2-4-11-16/h2-4,6,9-14H,5,7-8H2,1H3,(H,18,19,20)/t14-/m1/s1. The van der Waals surface area contributed by atoms with Gasteiger partial charge in [0.05, 0.1) is 5.25 Å². The summed E-state index contributed by atoms with van der Waals surface area (Å²) < 4.78 is 36.6. The molecule has 0 bridgehead atoms. The fourth-order valence-electron chi connectivity index (χ4n) is 2.13. The lowest BCUT2D eigenvalue weighted by molar-refractivity contribution is 0.463. The molecule has 2 aromatic carbocycles. The van der Waals surface area contributed by atoms with Crippen molar-refractivity contribution in [2.75, 3.05) is 0 Å². The molecule has 0 fully saturated rings. The zero-order chi connectivity index (χ0) is 16.0. The second kappa shape index (κ2) is 7.42. The number of rotatable bonds is 7. The summed E-state index contributed by atoms with van der Waals surface area (Å²) in [7, 11) is -3.93. The predicted octanol–water partition coefficient (Wildman–Crippen LogP) is 4.08. The van der Waals surface area contributed by atoms with Crippen molar-refractivity contribution in [1.29, 1.82) is 0 Å². The molecular weight excluding hydrogens is 300 g/mol. The Kier molecular flexibility index (Phi) is 5.57. The van der Waals surface area contributed by atoms with Crippen LogP contribution in [0.5, 0.6) is 11.5 Å². The number of benzene rings is 2. The van der Waals surface area contributed by atoms with Crippen LogP contribution in [0.25, 0.3) is 0 Å². The van der Waals surface area contributed by atoms with E-state index in [1.807, 2.05) is 54.6 Å². The number of ether oxygens (including phenoxy) is 1. The normalized spacial score (nSPS) is 12.8. The first-order valence-corrected chi connectivity index (χ1v) is 8.73. The molecule has 0 unspecified atom stereocenters. The number of para-hydroxylation sites is 1. The van der Waals surface area contributed by atoms with Gasteiger partial charge in [0.2, 0.25) is 0 Å². The van der Waals surface area contributed by atoms with Crippen LogP contribution in [0.3, 0.4) is 0 Å². The number of aryl methyl sites for hydroxylation is 1. The molecule has 5 heteroatoms. The quantitative estimate of drug-likeness (QED) is 0.781. The first kappa shape index (κ1) is 16.5. The van der Waals surface area contributed by atoms with Gasteiger partial charge in [0, 0.05) is 0 Å². The first-order chi connectivity index (χ1) is 10.4. The topological polar surface area (TPSA) is 63.6 Å². The highest BCUT2D eigenvalue weighted by Gasteiger charge is 2.16. The van der Waals surface area contributed by atoms with Crippen LogP contribution in [0.1, 0.15) is 25.3 Å². The average Bonchev–Trinajstić information content (AvgIpc) is 2.47.